The number of para-hydroxylation sites is 1. The van der Waals surface area contributed by atoms with Gasteiger partial charge in [0.1, 0.15) is 0 Å². The molecule has 0 amide bonds. The summed E-state index contributed by atoms with van der Waals surface area (Å²) in [4.78, 5) is 6.90. The zero-order chi connectivity index (χ0) is 18.2. The molecular weight excluding hydrogens is 336 g/mol. The Bertz CT molecular complexity index is 715. The number of aromatic hydroxyl groups is 1. The van der Waals surface area contributed by atoms with Crippen molar-refractivity contribution in [3.8, 4) is 11.5 Å². The van der Waals surface area contributed by atoms with Crippen molar-refractivity contribution in [2.75, 3.05) is 26.7 Å². The quantitative estimate of drug-likeness (QED) is 0.702. The van der Waals surface area contributed by atoms with Crippen LogP contribution in [0.2, 0.25) is 5.02 Å². The highest BCUT2D eigenvalue weighted by molar-refractivity contribution is 6.31. The van der Waals surface area contributed by atoms with Gasteiger partial charge in [-0.05, 0) is 36.9 Å². The smallest absolute Gasteiger partial charge is 0.166 e. The molecule has 0 bridgehead atoms. The average molecular weight is 361 g/mol. The molecule has 0 fully saturated rings. The molecule has 1 atom stereocenters. The maximum atomic E-state index is 10.2. The largest absolute Gasteiger partial charge is 0.504 e. The van der Waals surface area contributed by atoms with Crippen LogP contribution in [0.1, 0.15) is 31.0 Å². The number of hydrogen-bond donors (Lipinski definition) is 1. The van der Waals surface area contributed by atoms with E-state index in [2.05, 4.69) is 23.7 Å². The second-order valence-electron chi connectivity index (χ2n) is 5.65. The summed E-state index contributed by atoms with van der Waals surface area (Å²) in [6.45, 7) is 6.64. The summed E-state index contributed by atoms with van der Waals surface area (Å²) in [6, 6.07) is 13.3. The first-order valence-electron chi connectivity index (χ1n) is 8.46. The molecule has 0 unspecified atom stereocenters. The molecule has 134 valence electrons. The lowest BCUT2D eigenvalue weighted by Gasteiger charge is -2.29. The predicted octanol–water partition coefficient (Wildman–Crippen LogP) is 4.56. The summed E-state index contributed by atoms with van der Waals surface area (Å²) in [5, 5.41) is 10.9. The van der Waals surface area contributed by atoms with Crippen LogP contribution in [-0.2, 0) is 0 Å². The number of aliphatic imine (C=N–C) groups is 1. The molecule has 5 heteroatoms. The van der Waals surface area contributed by atoms with Crippen LogP contribution in [0.3, 0.4) is 0 Å². The van der Waals surface area contributed by atoms with E-state index >= 15 is 0 Å². The highest BCUT2D eigenvalue weighted by atomic mass is 35.5. The maximum Gasteiger partial charge on any atom is 0.166 e. The standard InChI is InChI=1S/C20H25ClN2O2/c1-4-23(5-2)18(16-10-6-7-11-17(16)21)14-22-13-15-9-8-12-19(25-3)20(15)24/h6-13,18,24H,4-5,14H2,1-3H3/t18-/m0/s1. The van der Waals surface area contributed by atoms with Crippen molar-refractivity contribution >= 4 is 17.8 Å². The van der Waals surface area contributed by atoms with Gasteiger partial charge >= 0.3 is 0 Å². The third-order valence-electron chi connectivity index (χ3n) is 4.28. The van der Waals surface area contributed by atoms with Gasteiger partial charge in [-0.3, -0.25) is 9.89 Å². The third kappa shape index (κ3) is 4.74. The number of phenolic OH excluding ortho intramolecular Hbond substituents is 1. The van der Waals surface area contributed by atoms with Crippen LogP contribution in [0.4, 0.5) is 0 Å². The van der Waals surface area contributed by atoms with E-state index in [4.69, 9.17) is 16.3 Å². The van der Waals surface area contributed by atoms with Crippen LogP contribution in [-0.4, -0.2) is 43.0 Å². The predicted molar refractivity (Wildman–Crippen MR) is 104 cm³/mol. The lowest BCUT2D eigenvalue weighted by molar-refractivity contribution is 0.224. The molecule has 4 nitrogen and oxygen atoms in total. The Morgan fingerprint density at radius 3 is 2.52 bits per heavy atom. The summed E-state index contributed by atoms with van der Waals surface area (Å²) in [7, 11) is 1.53. The monoisotopic (exact) mass is 360 g/mol. The van der Waals surface area contributed by atoms with Gasteiger partial charge in [-0.1, -0.05) is 49.7 Å². The van der Waals surface area contributed by atoms with Gasteiger partial charge in [0, 0.05) is 16.8 Å². The molecule has 0 saturated heterocycles. The number of phenols is 1. The molecule has 2 aromatic carbocycles. The Hall–Kier alpha value is -2.04. The van der Waals surface area contributed by atoms with Crippen molar-refractivity contribution in [1.82, 2.24) is 4.90 Å². The highest BCUT2D eigenvalue weighted by Crippen LogP contribution is 2.29. The Morgan fingerprint density at radius 2 is 1.88 bits per heavy atom. The van der Waals surface area contributed by atoms with Crippen molar-refractivity contribution in [3.63, 3.8) is 0 Å². The van der Waals surface area contributed by atoms with Crippen molar-refractivity contribution in [2.45, 2.75) is 19.9 Å². The lowest BCUT2D eigenvalue weighted by atomic mass is 10.0. The first-order valence-corrected chi connectivity index (χ1v) is 8.84. The minimum absolute atomic E-state index is 0.0905. The number of hydrogen-bond acceptors (Lipinski definition) is 4. The van der Waals surface area contributed by atoms with Crippen molar-refractivity contribution in [2.24, 2.45) is 4.99 Å². The fraction of sp³-hybridized carbons (Fsp3) is 0.350. The van der Waals surface area contributed by atoms with Gasteiger partial charge in [0.2, 0.25) is 0 Å². The number of likely N-dealkylation sites (N-methyl/N-ethyl adjacent to an activating group) is 1. The Kier molecular flexibility index (Phi) is 7.29. The van der Waals surface area contributed by atoms with E-state index in [-0.39, 0.29) is 11.8 Å². The highest BCUT2D eigenvalue weighted by Gasteiger charge is 2.19. The average Bonchev–Trinajstić information content (AvgIpc) is 2.63. The number of ether oxygens (including phenoxy) is 1. The second kappa shape index (κ2) is 9.44. The minimum atomic E-state index is 0.0905. The van der Waals surface area contributed by atoms with E-state index < -0.39 is 0 Å². The lowest BCUT2D eigenvalue weighted by Crippen LogP contribution is -2.30. The SMILES string of the molecule is CCN(CC)[C@@H](CN=Cc1cccc(OC)c1O)c1ccccc1Cl. The van der Waals surface area contributed by atoms with Gasteiger partial charge in [-0.25, -0.2) is 0 Å². The number of benzene rings is 2. The summed E-state index contributed by atoms with van der Waals surface area (Å²) >= 11 is 6.40. The van der Waals surface area contributed by atoms with Crippen LogP contribution < -0.4 is 4.74 Å². The van der Waals surface area contributed by atoms with Crippen molar-refractivity contribution < 1.29 is 9.84 Å². The molecular formula is C20H25ClN2O2. The molecule has 0 saturated carbocycles. The van der Waals surface area contributed by atoms with E-state index in [0.29, 0.717) is 17.9 Å². The zero-order valence-corrected chi connectivity index (χ0v) is 15.7. The van der Waals surface area contributed by atoms with Gasteiger partial charge in [-0.15, -0.1) is 0 Å². The molecule has 2 aromatic rings. The molecule has 0 aliphatic heterocycles. The van der Waals surface area contributed by atoms with Crippen LogP contribution in [0, 0.1) is 0 Å². The molecule has 25 heavy (non-hydrogen) atoms. The number of halogens is 1. The van der Waals surface area contributed by atoms with Gasteiger partial charge in [0.25, 0.3) is 0 Å². The van der Waals surface area contributed by atoms with Crippen LogP contribution >= 0.6 is 11.6 Å². The van der Waals surface area contributed by atoms with Crippen LogP contribution in [0.5, 0.6) is 11.5 Å². The third-order valence-corrected chi connectivity index (χ3v) is 4.62. The minimum Gasteiger partial charge on any atom is -0.504 e. The fourth-order valence-electron chi connectivity index (χ4n) is 2.88. The molecule has 0 aliphatic rings. The second-order valence-corrected chi connectivity index (χ2v) is 6.06. The Labute approximate surface area is 154 Å². The van der Waals surface area contributed by atoms with E-state index in [1.165, 1.54) is 7.11 Å². The van der Waals surface area contributed by atoms with E-state index in [1.54, 1.807) is 12.3 Å². The van der Waals surface area contributed by atoms with Gasteiger partial charge < -0.3 is 9.84 Å². The van der Waals surface area contributed by atoms with Crippen molar-refractivity contribution in [3.05, 3.63) is 58.6 Å². The normalized spacial score (nSPS) is 12.7. The summed E-state index contributed by atoms with van der Waals surface area (Å²) in [5.41, 5.74) is 1.71. The first kappa shape index (κ1) is 19.3. The van der Waals surface area contributed by atoms with Gasteiger partial charge in [0.05, 0.1) is 19.7 Å². The Balaban J connectivity index is 2.25. The first-order chi connectivity index (χ1) is 12.1. The Morgan fingerprint density at radius 1 is 1.16 bits per heavy atom. The van der Waals surface area contributed by atoms with Gasteiger partial charge in [0.15, 0.2) is 11.5 Å². The number of methoxy groups -OCH3 is 1. The molecule has 0 aliphatic carbocycles. The maximum absolute atomic E-state index is 10.2. The molecule has 0 heterocycles. The van der Waals surface area contributed by atoms with Gasteiger partial charge in [-0.2, -0.15) is 0 Å². The molecule has 0 radical (unpaired) electrons. The molecule has 2 rings (SSSR count). The summed E-state index contributed by atoms with van der Waals surface area (Å²) in [6.07, 6.45) is 1.69. The van der Waals surface area contributed by atoms with Crippen molar-refractivity contribution in [1.29, 1.82) is 0 Å². The van der Waals surface area contributed by atoms with E-state index in [0.717, 1.165) is 23.7 Å². The summed E-state index contributed by atoms with van der Waals surface area (Å²) in [5.74, 6) is 0.543. The van der Waals surface area contributed by atoms with Crippen LogP contribution in [0.25, 0.3) is 0 Å². The number of rotatable bonds is 8. The fourth-order valence-corrected chi connectivity index (χ4v) is 3.14. The molecule has 0 aromatic heterocycles. The summed E-state index contributed by atoms with van der Waals surface area (Å²) < 4.78 is 5.13. The van der Waals surface area contributed by atoms with Crippen LogP contribution in [0.15, 0.2) is 47.5 Å². The topological polar surface area (TPSA) is 45.1 Å². The molecule has 1 N–H and O–H groups in total. The van der Waals surface area contributed by atoms with E-state index in [9.17, 15) is 5.11 Å². The van der Waals surface area contributed by atoms with E-state index in [1.807, 2.05) is 36.4 Å². The zero-order valence-electron chi connectivity index (χ0n) is 14.9. The number of nitrogens with zero attached hydrogens (tertiary/aromatic N) is 2. The molecule has 0 spiro atoms.